The van der Waals surface area contributed by atoms with Gasteiger partial charge in [0.2, 0.25) is 0 Å². The second-order valence-corrected chi connectivity index (χ2v) is 4.26. The summed E-state index contributed by atoms with van der Waals surface area (Å²) in [7, 11) is 1.56. The van der Waals surface area contributed by atoms with Crippen LogP contribution in [0.25, 0.3) is 0 Å². The largest absolute Gasteiger partial charge is 0.495 e. The molecule has 0 saturated carbocycles. The van der Waals surface area contributed by atoms with Crippen LogP contribution in [0.5, 0.6) is 11.5 Å². The molecule has 0 unspecified atom stereocenters. The summed E-state index contributed by atoms with van der Waals surface area (Å²) < 4.78 is 10.8. The van der Waals surface area contributed by atoms with Crippen molar-refractivity contribution < 1.29 is 14.3 Å². The SMILES string of the molecule is COc1ccccc1NC(=O)[C@@H](C)Oc1ccccc1. The molecule has 0 fully saturated rings. The first-order valence-corrected chi connectivity index (χ1v) is 6.36. The molecule has 0 bridgehead atoms. The minimum atomic E-state index is -0.595. The number of carbonyl (C=O) groups is 1. The Morgan fingerprint density at radius 3 is 2.40 bits per heavy atom. The van der Waals surface area contributed by atoms with Crippen LogP contribution in [0.15, 0.2) is 54.6 Å². The first-order valence-electron chi connectivity index (χ1n) is 6.36. The fourth-order valence-corrected chi connectivity index (χ4v) is 1.74. The Morgan fingerprint density at radius 2 is 1.70 bits per heavy atom. The normalized spacial score (nSPS) is 11.5. The number of rotatable bonds is 5. The quantitative estimate of drug-likeness (QED) is 0.909. The first-order chi connectivity index (χ1) is 9.70. The van der Waals surface area contributed by atoms with E-state index in [1.807, 2.05) is 42.5 Å². The van der Waals surface area contributed by atoms with Crippen molar-refractivity contribution in [1.29, 1.82) is 0 Å². The topological polar surface area (TPSA) is 47.6 Å². The lowest BCUT2D eigenvalue weighted by atomic mass is 10.2. The van der Waals surface area contributed by atoms with E-state index in [9.17, 15) is 4.79 Å². The molecule has 4 nitrogen and oxygen atoms in total. The lowest BCUT2D eigenvalue weighted by Crippen LogP contribution is -2.30. The number of ether oxygens (including phenoxy) is 2. The highest BCUT2D eigenvalue weighted by atomic mass is 16.5. The van der Waals surface area contributed by atoms with Crippen molar-refractivity contribution in [2.45, 2.75) is 13.0 Å². The number of hydrogen-bond donors (Lipinski definition) is 1. The predicted octanol–water partition coefficient (Wildman–Crippen LogP) is 3.10. The summed E-state index contributed by atoms with van der Waals surface area (Å²) in [5.41, 5.74) is 0.628. The summed E-state index contributed by atoms with van der Waals surface area (Å²) in [6, 6.07) is 16.5. The lowest BCUT2D eigenvalue weighted by molar-refractivity contribution is -0.122. The van der Waals surface area contributed by atoms with Gasteiger partial charge in [-0.15, -0.1) is 0 Å². The van der Waals surface area contributed by atoms with Gasteiger partial charge in [0, 0.05) is 0 Å². The standard InChI is InChI=1S/C16H17NO3/c1-12(20-13-8-4-3-5-9-13)16(18)17-14-10-6-7-11-15(14)19-2/h3-12H,1-2H3,(H,17,18)/t12-/m1/s1. The summed E-state index contributed by atoms with van der Waals surface area (Å²) in [6.07, 6.45) is -0.595. The number of methoxy groups -OCH3 is 1. The van der Waals surface area contributed by atoms with Gasteiger partial charge in [0.1, 0.15) is 11.5 Å². The van der Waals surface area contributed by atoms with E-state index in [0.29, 0.717) is 17.2 Å². The summed E-state index contributed by atoms with van der Waals surface area (Å²) in [5.74, 6) is 1.06. The van der Waals surface area contributed by atoms with E-state index in [1.165, 1.54) is 0 Å². The average molecular weight is 271 g/mol. The molecule has 1 N–H and O–H groups in total. The van der Waals surface area contributed by atoms with E-state index >= 15 is 0 Å². The Bertz CT molecular complexity index is 569. The van der Waals surface area contributed by atoms with E-state index in [1.54, 1.807) is 26.2 Å². The number of benzene rings is 2. The molecule has 0 aromatic heterocycles. The van der Waals surface area contributed by atoms with Crippen molar-refractivity contribution in [1.82, 2.24) is 0 Å². The fraction of sp³-hybridized carbons (Fsp3) is 0.188. The molecule has 2 aromatic rings. The zero-order chi connectivity index (χ0) is 14.4. The minimum absolute atomic E-state index is 0.224. The first kappa shape index (κ1) is 13.9. The van der Waals surface area contributed by atoms with Crippen molar-refractivity contribution in [3.8, 4) is 11.5 Å². The van der Waals surface area contributed by atoms with Crippen molar-refractivity contribution in [2.75, 3.05) is 12.4 Å². The number of hydrogen-bond acceptors (Lipinski definition) is 3. The number of amides is 1. The fourth-order valence-electron chi connectivity index (χ4n) is 1.74. The minimum Gasteiger partial charge on any atom is -0.495 e. The number of carbonyl (C=O) groups excluding carboxylic acids is 1. The van der Waals surface area contributed by atoms with Gasteiger partial charge in [0.25, 0.3) is 5.91 Å². The average Bonchev–Trinajstić information content (AvgIpc) is 2.48. The molecule has 0 aliphatic heterocycles. The molecule has 0 saturated heterocycles. The molecular weight excluding hydrogens is 254 g/mol. The van der Waals surface area contributed by atoms with E-state index in [0.717, 1.165) is 0 Å². The monoisotopic (exact) mass is 271 g/mol. The van der Waals surface area contributed by atoms with Crippen LogP contribution in [0.3, 0.4) is 0 Å². The Balaban J connectivity index is 2.01. The molecule has 1 atom stereocenters. The molecule has 0 spiro atoms. The summed E-state index contributed by atoms with van der Waals surface area (Å²) in [4.78, 5) is 12.1. The molecule has 104 valence electrons. The van der Waals surface area contributed by atoms with Gasteiger partial charge in [-0.25, -0.2) is 0 Å². The second-order valence-electron chi connectivity index (χ2n) is 4.26. The predicted molar refractivity (Wildman–Crippen MR) is 78.2 cm³/mol. The van der Waals surface area contributed by atoms with Crippen LogP contribution in [-0.4, -0.2) is 19.1 Å². The van der Waals surface area contributed by atoms with Crippen molar-refractivity contribution in [3.63, 3.8) is 0 Å². The third kappa shape index (κ3) is 3.51. The summed E-state index contributed by atoms with van der Waals surface area (Å²) >= 11 is 0. The maximum absolute atomic E-state index is 12.1. The van der Waals surface area contributed by atoms with E-state index in [4.69, 9.17) is 9.47 Å². The van der Waals surface area contributed by atoms with Crippen molar-refractivity contribution in [2.24, 2.45) is 0 Å². The third-order valence-corrected chi connectivity index (χ3v) is 2.79. The van der Waals surface area contributed by atoms with Crippen LogP contribution in [0, 0.1) is 0 Å². The maximum atomic E-state index is 12.1. The lowest BCUT2D eigenvalue weighted by Gasteiger charge is -2.16. The number of anilines is 1. The molecule has 20 heavy (non-hydrogen) atoms. The summed E-state index contributed by atoms with van der Waals surface area (Å²) in [6.45, 7) is 1.71. The van der Waals surface area contributed by atoms with Crippen LogP contribution in [0.4, 0.5) is 5.69 Å². The van der Waals surface area contributed by atoms with Crippen LogP contribution >= 0.6 is 0 Å². The molecule has 0 heterocycles. The molecule has 2 aromatic carbocycles. The smallest absolute Gasteiger partial charge is 0.265 e. The molecule has 2 rings (SSSR count). The number of nitrogens with one attached hydrogen (secondary N) is 1. The Morgan fingerprint density at radius 1 is 1.05 bits per heavy atom. The molecule has 1 amide bonds. The molecule has 4 heteroatoms. The number of para-hydroxylation sites is 3. The highest BCUT2D eigenvalue weighted by Crippen LogP contribution is 2.23. The molecular formula is C16H17NO3. The van der Waals surface area contributed by atoms with Crippen LogP contribution in [0.2, 0.25) is 0 Å². The van der Waals surface area contributed by atoms with E-state index in [-0.39, 0.29) is 5.91 Å². The molecule has 0 radical (unpaired) electrons. The van der Waals surface area contributed by atoms with Gasteiger partial charge in [-0.05, 0) is 31.2 Å². The highest BCUT2D eigenvalue weighted by Gasteiger charge is 2.16. The van der Waals surface area contributed by atoms with Crippen LogP contribution in [0.1, 0.15) is 6.92 Å². The van der Waals surface area contributed by atoms with Gasteiger partial charge in [0.15, 0.2) is 6.10 Å². The van der Waals surface area contributed by atoms with E-state index in [2.05, 4.69) is 5.32 Å². The summed E-state index contributed by atoms with van der Waals surface area (Å²) in [5, 5.41) is 2.79. The van der Waals surface area contributed by atoms with Gasteiger partial charge in [-0.2, -0.15) is 0 Å². The molecule has 0 aliphatic carbocycles. The zero-order valence-corrected chi connectivity index (χ0v) is 11.5. The van der Waals surface area contributed by atoms with Gasteiger partial charge < -0.3 is 14.8 Å². The van der Waals surface area contributed by atoms with Gasteiger partial charge in [-0.3, -0.25) is 4.79 Å². The van der Waals surface area contributed by atoms with Crippen molar-refractivity contribution >= 4 is 11.6 Å². The third-order valence-electron chi connectivity index (χ3n) is 2.79. The Hall–Kier alpha value is -2.49. The van der Waals surface area contributed by atoms with Crippen molar-refractivity contribution in [3.05, 3.63) is 54.6 Å². The molecule has 0 aliphatic rings. The van der Waals surface area contributed by atoms with Crippen LogP contribution < -0.4 is 14.8 Å². The van der Waals surface area contributed by atoms with Crippen LogP contribution in [-0.2, 0) is 4.79 Å². The highest BCUT2D eigenvalue weighted by molar-refractivity contribution is 5.95. The van der Waals surface area contributed by atoms with Gasteiger partial charge in [0.05, 0.1) is 12.8 Å². The van der Waals surface area contributed by atoms with Gasteiger partial charge >= 0.3 is 0 Å². The van der Waals surface area contributed by atoms with E-state index < -0.39 is 6.10 Å². The van der Waals surface area contributed by atoms with Gasteiger partial charge in [-0.1, -0.05) is 30.3 Å². The second kappa shape index (κ2) is 6.61. The Labute approximate surface area is 118 Å². The maximum Gasteiger partial charge on any atom is 0.265 e. The zero-order valence-electron chi connectivity index (χ0n) is 11.5. The Kier molecular flexibility index (Phi) is 4.60.